The van der Waals surface area contributed by atoms with E-state index >= 15 is 0 Å². The molecule has 0 bridgehead atoms. The van der Waals surface area contributed by atoms with Crippen molar-refractivity contribution < 1.29 is 4.74 Å². The maximum Gasteiger partial charge on any atom is 0.0991 e. The monoisotopic (exact) mass is 216 g/mol. The third-order valence-corrected chi connectivity index (χ3v) is 3.09. The van der Waals surface area contributed by atoms with Gasteiger partial charge >= 0.3 is 0 Å². The molecule has 0 amide bonds. The topological polar surface area (TPSA) is 36.3 Å². The first kappa shape index (κ1) is 11.0. The van der Waals surface area contributed by atoms with Crippen LogP contribution in [0.25, 0.3) is 0 Å². The van der Waals surface area contributed by atoms with Gasteiger partial charge in [0.1, 0.15) is 0 Å². The van der Waals surface area contributed by atoms with Gasteiger partial charge < -0.3 is 9.64 Å². The molecular formula is C13H16N2O. The summed E-state index contributed by atoms with van der Waals surface area (Å²) in [5.74, 6) is 0. The van der Waals surface area contributed by atoms with E-state index < -0.39 is 0 Å². The number of hydrogen-bond donors (Lipinski definition) is 0. The second kappa shape index (κ2) is 5.00. The van der Waals surface area contributed by atoms with Gasteiger partial charge in [-0.3, -0.25) is 0 Å². The number of hydrogen-bond acceptors (Lipinski definition) is 3. The minimum absolute atomic E-state index is 0.460. The molecule has 0 N–H and O–H groups in total. The summed E-state index contributed by atoms with van der Waals surface area (Å²) >= 11 is 0. The summed E-state index contributed by atoms with van der Waals surface area (Å²) in [6.07, 6.45) is 2.31. The summed E-state index contributed by atoms with van der Waals surface area (Å²) in [5.41, 5.74) is 1.85. The maximum absolute atomic E-state index is 8.73. The smallest absolute Gasteiger partial charge is 0.0991 e. The highest BCUT2D eigenvalue weighted by molar-refractivity contribution is 5.49. The standard InChI is InChI=1S/C13H16N2O/c1-15(13-3-2-8-16-10-13)12-6-4-11(9-14)5-7-12/h4-7,13H,2-3,8,10H2,1H3. The quantitative estimate of drug-likeness (QED) is 0.760. The van der Waals surface area contributed by atoms with Gasteiger partial charge in [0.2, 0.25) is 0 Å². The van der Waals surface area contributed by atoms with Gasteiger partial charge in [0.15, 0.2) is 0 Å². The zero-order valence-corrected chi connectivity index (χ0v) is 9.52. The lowest BCUT2D eigenvalue weighted by atomic mass is 10.1. The Morgan fingerprint density at radius 2 is 2.12 bits per heavy atom. The molecule has 1 aliphatic heterocycles. The van der Waals surface area contributed by atoms with Crippen molar-refractivity contribution >= 4 is 5.69 Å². The van der Waals surface area contributed by atoms with Gasteiger partial charge in [0, 0.05) is 19.3 Å². The number of nitriles is 1. The van der Waals surface area contributed by atoms with Crippen molar-refractivity contribution in [3.63, 3.8) is 0 Å². The Morgan fingerprint density at radius 1 is 1.38 bits per heavy atom. The van der Waals surface area contributed by atoms with Crippen molar-refractivity contribution in [3.05, 3.63) is 29.8 Å². The fourth-order valence-electron chi connectivity index (χ4n) is 2.01. The summed E-state index contributed by atoms with van der Waals surface area (Å²) in [7, 11) is 2.08. The molecule has 3 heteroatoms. The van der Waals surface area contributed by atoms with Gasteiger partial charge in [-0.2, -0.15) is 5.26 Å². The van der Waals surface area contributed by atoms with Gasteiger partial charge in [-0.1, -0.05) is 0 Å². The second-order valence-corrected chi connectivity index (χ2v) is 4.14. The molecule has 0 spiro atoms. The van der Waals surface area contributed by atoms with Crippen LogP contribution in [0.2, 0.25) is 0 Å². The predicted molar refractivity (Wildman–Crippen MR) is 63.4 cm³/mol. The summed E-state index contributed by atoms with van der Waals surface area (Å²) < 4.78 is 5.48. The van der Waals surface area contributed by atoms with E-state index in [0.717, 1.165) is 25.3 Å². The fourth-order valence-corrected chi connectivity index (χ4v) is 2.01. The SMILES string of the molecule is CN(c1ccc(C#N)cc1)C1CCCOC1. The molecule has 2 rings (SSSR count). The molecule has 84 valence electrons. The maximum atomic E-state index is 8.73. The lowest BCUT2D eigenvalue weighted by molar-refractivity contribution is 0.0807. The molecule has 1 aromatic rings. The Balaban J connectivity index is 2.07. The van der Waals surface area contributed by atoms with Crippen LogP contribution in [0.1, 0.15) is 18.4 Å². The van der Waals surface area contributed by atoms with Crippen molar-refractivity contribution in [1.82, 2.24) is 0 Å². The van der Waals surface area contributed by atoms with Crippen LogP contribution in [0, 0.1) is 11.3 Å². The van der Waals surface area contributed by atoms with Gasteiger partial charge in [-0.15, -0.1) is 0 Å². The predicted octanol–water partition coefficient (Wildman–Crippen LogP) is 2.17. The van der Waals surface area contributed by atoms with E-state index in [4.69, 9.17) is 10.00 Å². The Kier molecular flexibility index (Phi) is 3.43. The Hall–Kier alpha value is -1.53. The van der Waals surface area contributed by atoms with E-state index in [1.807, 2.05) is 24.3 Å². The normalized spacial score (nSPS) is 20.1. The van der Waals surface area contributed by atoms with Gasteiger partial charge in [0.25, 0.3) is 0 Å². The summed E-state index contributed by atoms with van der Waals surface area (Å²) in [4.78, 5) is 2.24. The van der Waals surface area contributed by atoms with Gasteiger partial charge in [-0.05, 0) is 37.1 Å². The minimum Gasteiger partial charge on any atom is -0.379 e. The van der Waals surface area contributed by atoms with Gasteiger partial charge in [-0.25, -0.2) is 0 Å². The number of ether oxygens (including phenoxy) is 1. The zero-order chi connectivity index (χ0) is 11.4. The molecule has 1 atom stereocenters. The molecule has 0 saturated carbocycles. The van der Waals surface area contributed by atoms with Gasteiger partial charge in [0.05, 0.1) is 24.3 Å². The van der Waals surface area contributed by atoms with Crippen LogP contribution in [0.15, 0.2) is 24.3 Å². The molecule has 16 heavy (non-hydrogen) atoms. The van der Waals surface area contributed by atoms with E-state index in [9.17, 15) is 0 Å². The molecule has 1 fully saturated rings. The van der Waals surface area contributed by atoms with Crippen LogP contribution in [0.3, 0.4) is 0 Å². The van der Waals surface area contributed by atoms with Crippen LogP contribution in [-0.4, -0.2) is 26.3 Å². The van der Waals surface area contributed by atoms with Crippen LogP contribution in [0.4, 0.5) is 5.69 Å². The molecule has 0 radical (unpaired) electrons. The fraction of sp³-hybridized carbons (Fsp3) is 0.462. The summed E-state index contributed by atoms with van der Waals surface area (Å²) in [6.45, 7) is 1.69. The van der Waals surface area contributed by atoms with E-state index in [1.165, 1.54) is 6.42 Å². The second-order valence-electron chi connectivity index (χ2n) is 4.14. The molecule has 1 saturated heterocycles. The van der Waals surface area contributed by atoms with Crippen molar-refractivity contribution in [2.75, 3.05) is 25.2 Å². The molecular weight excluding hydrogens is 200 g/mol. The van der Waals surface area contributed by atoms with Crippen molar-refractivity contribution in [3.8, 4) is 6.07 Å². The van der Waals surface area contributed by atoms with Crippen LogP contribution in [0.5, 0.6) is 0 Å². The van der Waals surface area contributed by atoms with Crippen molar-refractivity contribution in [1.29, 1.82) is 5.26 Å². The first-order valence-corrected chi connectivity index (χ1v) is 5.62. The lowest BCUT2D eigenvalue weighted by Crippen LogP contribution is -2.38. The van der Waals surface area contributed by atoms with E-state index in [1.54, 1.807) is 0 Å². The zero-order valence-electron chi connectivity index (χ0n) is 9.52. The number of rotatable bonds is 2. The molecule has 1 unspecified atom stereocenters. The molecule has 0 aromatic heterocycles. The number of nitrogens with zero attached hydrogens (tertiary/aromatic N) is 2. The summed E-state index contributed by atoms with van der Waals surface area (Å²) in [5, 5.41) is 8.73. The number of likely N-dealkylation sites (N-methyl/N-ethyl adjacent to an activating group) is 1. The highest BCUT2D eigenvalue weighted by atomic mass is 16.5. The largest absolute Gasteiger partial charge is 0.379 e. The lowest BCUT2D eigenvalue weighted by Gasteiger charge is -2.32. The molecule has 3 nitrogen and oxygen atoms in total. The van der Waals surface area contributed by atoms with Crippen LogP contribution < -0.4 is 4.90 Å². The molecule has 1 heterocycles. The third-order valence-electron chi connectivity index (χ3n) is 3.09. The van der Waals surface area contributed by atoms with Crippen molar-refractivity contribution in [2.45, 2.75) is 18.9 Å². The minimum atomic E-state index is 0.460. The Labute approximate surface area is 96.2 Å². The average molecular weight is 216 g/mol. The van der Waals surface area contributed by atoms with E-state index in [-0.39, 0.29) is 0 Å². The first-order valence-electron chi connectivity index (χ1n) is 5.62. The van der Waals surface area contributed by atoms with Crippen LogP contribution in [-0.2, 0) is 4.74 Å². The highest BCUT2D eigenvalue weighted by Crippen LogP contribution is 2.20. The average Bonchev–Trinajstić information content (AvgIpc) is 2.39. The first-order chi connectivity index (χ1) is 7.81. The van der Waals surface area contributed by atoms with Crippen LogP contribution >= 0.6 is 0 Å². The number of benzene rings is 1. The van der Waals surface area contributed by atoms with E-state index in [0.29, 0.717) is 11.6 Å². The highest BCUT2D eigenvalue weighted by Gasteiger charge is 2.18. The molecule has 1 aromatic carbocycles. The van der Waals surface area contributed by atoms with E-state index in [2.05, 4.69) is 18.0 Å². The van der Waals surface area contributed by atoms with Crippen molar-refractivity contribution in [2.24, 2.45) is 0 Å². The Morgan fingerprint density at radius 3 is 2.69 bits per heavy atom. The Bertz CT molecular complexity index is 374. The third kappa shape index (κ3) is 2.34. The molecule has 0 aliphatic carbocycles. The summed E-state index contributed by atoms with van der Waals surface area (Å²) in [6, 6.07) is 10.3. The number of anilines is 1. The molecule has 1 aliphatic rings.